The van der Waals surface area contributed by atoms with Crippen LogP contribution >= 0.6 is 23.5 Å². The van der Waals surface area contributed by atoms with Crippen LogP contribution in [-0.4, -0.2) is 49.4 Å². The zero-order chi connectivity index (χ0) is 16.4. The minimum Gasteiger partial charge on any atom is -0.481 e. The van der Waals surface area contributed by atoms with Crippen LogP contribution in [0, 0.1) is 0 Å². The Balaban J connectivity index is 4.46. The lowest BCUT2D eigenvalue weighted by atomic mass is 10.3. The highest BCUT2D eigenvalue weighted by Gasteiger charge is 2.21. The summed E-state index contributed by atoms with van der Waals surface area (Å²) in [6, 6.07) is 0. The number of nitrogens with one attached hydrogen (secondary N) is 1. The Bertz CT molecular complexity index is 438. The molecule has 3 N–H and O–H groups in total. The number of hydrogen-bond acceptors (Lipinski definition) is 7. The van der Waals surface area contributed by atoms with Gasteiger partial charge in [0.05, 0.1) is 11.0 Å². The van der Waals surface area contributed by atoms with Crippen molar-refractivity contribution in [1.82, 2.24) is 5.32 Å². The first-order chi connectivity index (χ1) is 9.70. The Labute approximate surface area is 129 Å². The van der Waals surface area contributed by atoms with Crippen LogP contribution < -0.4 is 5.32 Å². The fourth-order valence-electron chi connectivity index (χ4n) is 1.06. The van der Waals surface area contributed by atoms with Crippen LogP contribution in [-0.2, 0) is 24.0 Å². The Kier molecular flexibility index (Phi) is 9.46. The van der Waals surface area contributed by atoms with Gasteiger partial charge in [-0.05, 0) is 0 Å². The minimum absolute atomic E-state index is 0.00512. The molecule has 0 aromatic rings. The Morgan fingerprint density at radius 3 is 2.00 bits per heavy atom. The molecule has 0 aliphatic carbocycles. The first-order valence-corrected chi connectivity index (χ1v) is 7.53. The van der Waals surface area contributed by atoms with Crippen molar-refractivity contribution in [3.05, 3.63) is 0 Å². The lowest BCUT2D eigenvalue weighted by molar-refractivity contribution is -0.139. The van der Waals surface area contributed by atoms with Crippen molar-refractivity contribution in [2.75, 3.05) is 6.54 Å². The van der Waals surface area contributed by atoms with Crippen LogP contribution in [0.1, 0.15) is 26.2 Å². The van der Waals surface area contributed by atoms with Crippen molar-refractivity contribution in [1.29, 1.82) is 0 Å². The summed E-state index contributed by atoms with van der Waals surface area (Å²) < 4.78 is -0.693. The molecule has 118 valence electrons. The first-order valence-electron chi connectivity index (χ1n) is 5.77. The van der Waals surface area contributed by atoms with Gasteiger partial charge in [-0.3, -0.25) is 24.0 Å². The second kappa shape index (κ2) is 10.2. The largest absolute Gasteiger partial charge is 0.481 e. The van der Waals surface area contributed by atoms with Gasteiger partial charge in [-0.15, -0.1) is 0 Å². The average Bonchev–Trinajstić information content (AvgIpc) is 2.32. The molecule has 0 aromatic heterocycles. The van der Waals surface area contributed by atoms with Crippen LogP contribution in [0.2, 0.25) is 0 Å². The third-order valence-corrected chi connectivity index (χ3v) is 4.19. The van der Waals surface area contributed by atoms with Gasteiger partial charge >= 0.3 is 11.9 Å². The summed E-state index contributed by atoms with van der Waals surface area (Å²) in [7, 11) is 0. The Hall–Kier alpha value is -1.55. The van der Waals surface area contributed by atoms with Crippen molar-refractivity contribution < 1.29 is 34.2 Å². The normalized spacial score (nSPS) is 11.5. The monoisotopic (exact) mass is 337 g/mol. The van der Waals surface area contributed by atoms with E-state index >= 15 is 0 Å². The fraction of sp³-hybridized carbons (Fsp3) is 0.545. The molecule has 8 nitrogen and oxygen atoms in total. The molecule has 0 rings (SSSR count). The molecule has 0 bridgehead atoms. The standard InChI is InChI=1S/C11H15NO7S2/c1-6(13)12-5-11(21-10(19)4-8(16)17)20-9(18)3-2-7(14)15/h11H,2-5H2,1H3,(H,12,13)(H,14,15)(H,16,17). The molecule has 1 amide bonds. The number of amides is 1. The van der Waals surface area contributed by atoms with Crippen LogP contribution in [0.3, 0.4) is 0 Å². The smallest absolute Gasteiger partial charge is 0.311 e. The second-order valence-corrected chi connectivity index (χ2v) is 6.63. The number of carbonyl (C=O) groups is 5. The maximum absolute atomic E-state index is 11.6. The highest BCUT2D eigenvalue weighted by Crippen LogP contribution is 2.27. The molecule has 0 fully saturated rings. The number of rotatable bonds is 9. The van der Waals surface area contributed by atoms with E-state index in [1.165, 1.54) is 6.92 Å². The van der Waals surface area contributed by atoms with E-state index in [9.17, 15) is 24.0 Å². The van der Waals surface area contributed by atoms with E-state index in [-0.39, 0.29) is 25.3 Å². The highest BCUT2D eigenvalue weighted by atomic mass is 32.2. The van der Waals surface area contributed by atoms with E-state index in [4.69, 9.17) is 10.2 Å². The van der Waals surface area contributed by atoms with Crippen molar-refractivity contribution in [3.63, 3.8) is 0 Å². The van der Waals surface area contributed by atoms with Gasteiger partial charge in [0.2, 0.25) is 11.0 Å². The predicted molar refractivity (Wildman–Crippen MR) is 76.8 cm³/mol. The van der Waals surface area contributed by atoms with Gasteiger partial charge < -0.3 is 15.5 Å². The maximum Gasteiger partial charge on any atom is 0.311 e. The molecule has 0 aliphatic heterocycles. The van der Waals surface area contributed by atoms with E-state index in [2.05, 4.69) is 5.32 Å². The fourth-order valence-corrected chi connectivity index (χ4v) is 3.24. The van der Waals surface area contributed by atoms with Gasteiger partial charge in [-0.1, -0.05) is 23.5 Å². The SMILES string of the molecule is CC(=O)NCC(SC(=O)CCC(=O)O)SC(=O)CC(=O)O. The summed E-state index contributed by atoms with van der Waals surface area (Å²) in [5.74, 6) is -2.75. The Morgan fingerprint density at radius 1 is 0.952 bits per heavy atom. The molecule has 0 aliphatic rings. The molecule has 21 heavy (non-hydrogen) atoms. The molecule has 0 radical (unpaired) electrons. The average molecular weight is 337 g/mol. The molecular weight excluding hydrogens is 322 g/mol. The molecular formula is C11H15NO7S2. The first kappa shape index (κ1) is 19.4. The van der Waals surface area contributed by atoms with E-state index in [0.29, 0.717) is 23.5 Å². The topological polar surface area (TPSA) is 138 Å². The number of thioether (sulfide) groups is 2. The molecule has 1 unspecified atom stereocenters. The van der Waals surface area contributed by atoms with Gasteiger partial charge in [0, 0.05) is 19.9 Å². The third-order valence-electron chi connectivity index (χ3n) is 1.88. The van der Waals surface area contributed by atoms with Crippen LogP contribution in [0.25, 0.3) is 0 Å². The molecule has 10 heteroatoms. The van der Waals surface area contributed by atoms with Crippen molar-refractivity contribution >= 4 is 51.6 Å². The van der Waals surface area contributed by atoms with E-state index in [1.807, 2.05) is 0 Å². The molecule has 0 saturated carbocycles. The molecule has 1 atom stereocenters. The van der Waals surface area contributed by atoms with Crippen molar-refractivity contribution in [2.45, 2.75) is 30.8 Å². The van der Waals surface area contributed by atoms with Gasteiger partial charge in [0.1, 0.15) is 6.42 Å². The van der Waals surface area contributed by atoms with Gasteiger partial charge in [0.25, 0.3) is 0 Å². The van der Waals surface area contributed by atoms with Gasteiger partial charge in [-0.2, -0.15) is 0 Å². The van der Waals surface area contributed by atoms with Crippen LogP contribution in [0.15, 0.2) is 0 Å². The number of carbonyl (C=O) groups excluding carboxylic acids is 3. The van der Waals surface area contributed by atoms with E-state index in [1.54, 1.807) is 0 Å². The zero-order valence-corrected chi connectivity index (χ0v) is 12.8. The number of carboxylic acid groups (broad SMARTS) is 2. The number of aliphatic carboxylic acids is 2. The van der Waals surface area contributed by atoms with E-state index in [0.717, 1.165) is 0 Å². The van der Waals surface area contributed by atoms with Crippen LogP contribution in [0.4, 0.5) is 0 Å². The number of hydrogen-bond donors (Lipinski definition) is 3. The molecule has 0 spiro atoms. The lowest BCUT2D eigenvalue weighted by Gasteiger charge is -2.14. The predicted octanol–water partition coefficient (Wildman–Crippen LogP) is 0.308. The molecule has 0 heterocycles. The number of carboxylic acids is 2. The summed E-state index contributed by atoms with van der Waals surface area (Å²) in [6.45, 7) is 1.26. The highest BCUT2D eigenvalue weighted by molar-refractivity contribution is 8.29. The van der Waals surface area contributed by atoms with Crippen molar-refractivity contribution in [2.24, 2.45) is 0 Å². The van der Waals surface area contributed by atoms with Gasteiger partial charge in [0.15, 0.2) is 5.12 Å². The summed E-state index contributed by atoms with van der Waals surface area (Å²) in [6.07, 6.45) is -1.22. The molecule has 0 saturated heterocycles. The zero-order valence-electron chi connectivity index (χ0n) is 11.2. The lowest BCUT2D eigenvalue weighted by Crippen LogP contribution is -2.28. The van der Waals surface area contributed by atoms with E-state index < -0.39 is 33.2 Å². The molecule has 0 aromatic carbocycles. The quantitative estimate of drug-likeness (QED) is 0.400. The van der Waals surface area contributed by atoms with Gasteiger partial charge in [-0.25, -0.2) is 0 Å². The summed E-state index contributed by atoms with van der Waals surface area (Å²) in [5.41, 5.74) is 0. The summed E-state index contributed by atoms with van der Waals surface area (Å²) in [4.78, 5) is 54.6. The maximum atomic E-state index is 11.6. The summed E-state index contributed by atoms with van der Waals surface area (Å²) >= 11 is 1.35. The second-order valence-electron chi connectivity index (χ2n) is 3.81. The third kappa shape index (κ3) is 11.9. The summed E-state index contributed by atoms with van der Waals surface area (Å²) in [5, 5.41) is 18.3. The van der Waals surface area contributed by atoms with Crippen LogP contribution in [0.5, 0.6) is 0 Å². The minimum atomic E-state index is -1.28. The van der Waals surface area contributed by atoms with Crippen molar-refractivity contribution in [3.8, 4) is 0 Å². The Morgan fingerprint density at radius 2 is 1.52 bits per heavy atom.